The molecule has 164 valence electrons. The van der Waals surface area contributed by atoms with Crippen molar-refractivity contribution in [1.82, 2.24) is 21.1 Å². The van der Waals surface area contributed by atoms with Gasteiger partial charge in [-0.3, -0.25) is 30.6 Å². The summed E-state index contributed by atoms with van der Waals surface area (Å²) in [5, 5.41) is 2.41. The van der Waals surface area contributed by atoms with E-state index in [1.807, 2.05) is 6.92 Å². The first kappa shape index (κ1) is 22.8. The SMILES string of the molecule is CCOc1ccc(Br)cc1C(=O)NC(=S)NNC(=O)C1CC(=O)N(Cc2ccco2)C1. The van der Waals surface area contributed by atoms with Gasteiger partial charge in [0.15, 0.2) is 5.11 Å². The van der Waals surface area contributed by atoms with Crippen molar-refractivity contribution in [3.8, 4) is 5.75 Å². The Morgan fingerprint density at radius 1 is 1.32 bits per heavy atom. The smallest absolute Gasteiger partial charge is 0.261 e. The van der Waals surface area contributed by atoms with Gasteiger partial charge < -0.3 is 14.1 Å². The second-order valence-electron chi connectivity index (χ2n) is 6.73. The summed E-state index contributed by atoms with van der Waals surface area (Å²) in [5.41, 5.74) is 5.24. The number of amides is 3. The number of carbonyl (C=O) groups excluding carboxylic acids is 3. The molecule has 0 saturated carbocycles. The van der Waals surface area contributed by atoms with E-state index in [1.165, 1.54) is 6.26 Å². The Morgan fingerprint density at radius 3 is 2.84 bits per heavy atom. The average Bonchev–Trinajstić information content (AvgIpc) is 3.38. The molecule has 1 aliphatic heterocycles. The minimum absolute atomic E-state index is 0.0856. The van der Waals surface area contributed by atoms with Crippen molar-refractivity contribution in [2.45, 2.75) is 19.9 Å². The standard InChI is InChI=1S/C20H21BrN4O5S/c1-2-29-16-6-5-13(21)9-15(16)19(28)22-20(31)24-23-18(27)12-8-17(26)25(10-12)11-14-4-3-7-30-14/h3-7,9,12H,2,8,10-11H2,1H3,(H,23,27)(H2,22,24,28,31). The highest BCUT2D eigenvalue weighted by molar-refractivity contribution is 9.10. The molecule has 0 spiro atoms. The number of halogens is 1. The van der Waals surface area contributed by atoms with Crippen LogP contribution in [0.15, 0.2) is 45.5 Å². The molecule has 11 heteroatoms. The van der Waals surface area contributed by atoms with Gasteiger partial charge in [0, 0.05) is 17.4 Å². The Bertz CT molecular complexity index is 982. The van der Waals surface area contributed by atoms with Gasteiger partial charge in [0.2, 0.25) is 11.8 Å². The molecule has 1 atom stereocenters. The fourth-order valence-corrected chi connectivity index (χ4v) is 3.58. The Kier molecular flexibility index (Phi) is 7.64. The van der Waals surface area contributed by atoms with E-state index >= 15 is 0 Å². The van der Waals surface area contributed by atoms with Gasteiger partial charge in [-0.2, -0.15) is 0 Å². The lowest BCUT2D eigenvalue weighted by molar-refractivity contribution is -0.129. The van der Waals surface area contributed by atoms with Crippen molar-refractivity contribution >= 4 is 51.0 Å². The number of hydrazine groups is 1. The van der Waals surface area contributed by atoms with Crippen LogP contribution in [0.5, 0.6) is 5.75 Å². The number of hydrogen-bond acceptors (Lipinski definition) is 6. The van der Waals surface area contributed by atoms with Crippen molar-refractivity contribution in [3.05, 3.63) is 52.4 Å². The average molecular weight is 509 g/mol. The summed E-state index contributed by atoms with van der Waals surface area (Å²) in [6.07, 6.45) is 1.62. The Hall–Kier alpha value is -2.92. The van der Waals surface area contributed by atoms with Crippen LogP contribution in [0.2, 0.25) is 0 Å². The maximum atomic E-state index is 12.5. The fourth-order valence-electron chi connectivity index (χ4n) is 3.07. The molecule has 1 aromatic heterocycles. The third-order valence-corrected chi connectivity index (χ3v) is 5.22. The van der Waals surface area contributed by atoms with Crippen LogP contribution in [0.25, 0.3) is 0 Å². The number of likely N-dealkylation sites (tertiary alicyclic amines) is 1. The Balaban J connectivity index is 1.49. The molecule has 1 aromatic carbocycles. The van der Waals surface area contributed by atoms with E-state index in [2.05, 4.69) is 32.1 Å². The van der Waals surface area contributed by atoms with E-state index < -0.39 is 17.7 Å². The number of nitrogens with zero attached hydrogens (tertiary/aromatic N) is 1. The first-order chi connectivity index (χ1) is 14.9. The zero-order valence-electron chi connectivity index (χ0n) is 16.6. The molecule has 9 nitrogen and oxygen atoms in total. The molecule has 1 unspecified atom stereocenters. The maximum absolute atomic E-state index is 12.5. The van der Waals surface area contributed by atoms with Crippen LogP contribution in [0.4, 0.5) is 0 Å². The van der Waals surface area contributed by atoms with Gasteiger partial charge in [0.1, 0.15) is 11.5 Å². The summed E-state index contributed by atoms with van der Waals surface area (Å²) in [4.78, 5) is 38.7. The molecule has 1 saturated heterocycles. The second kappa shape index (κ2) is 10.4. The number of thiocarbonyl (C=S) groups is 1. The quantitative estimate of drug-likeness (QED) is 0.404. The summed E-state index contributed by atoms with van der Waals surface area (Å²) >= 11 is 8.41. The van der Waals surface area contributed by atoms with E-state index in [1.54, 1.807) is 35.2 Å². The van der Waals surface area contributed by atoms with Crippen LogP contribution in [0.1, 0.15) is 29.5 Å². The molecule has 0 radical (unpaired) electrons. The number of rotatable bonds is 6. The minimum atomic E-state index is -0.539. The number of hydrogen-bond donors (Lipinski definition) is 3. The topological polar surface area (TPSA) is 113 Å². The van der Waals surface area contributed by atoms with E-state index in [4.69, 9.17) is 21.4 Å². The molecule has 3 rings (SSSR count). The molecular formula is C20H21BrN4O5S. The highest BCUT2D eigenvalue weighted by Crippen LogP contribution is 2.23. The number of ether oxygens (including phenoxy) is 1. The summed E-state index contributed by atoms with van der Waals surface area (Å²) in [6, 6.07) is 8.55. The van der Waals surface area contributed by atoms with Crippen LogP contribution in [0, 0.1) is 5.92 Å². The van der Waals surface area contributed by atoms with E-state index in [0.29, 0.717) is 34.7 Å². The number of carbonyl (C=O) groups is 3. The molecule has 2 heterocycles. The van der Waals surface area contributed by atoms with Crippen LogP contribution >= 0.6 is 28.1 Å². The summed E-state index contributed by atoms with van der Waals surface area (Å²) in [6.45, 7) is 2.79. The lowest BCUT2D eigenvalue weighted by Crippen LogP contribution is -2.50. The van der Waals surface area contributed by atoms with Crippen LogP contribution in [0.3, 0.4) is 0 Å². The first-order valence-corrected chi connectivity index (χ1v) is 10.7. The molecule has 1 fully saturated rings. The molecule has 2 aromatic rings. The molecule has 3 amide bonds. The van der Waals surface area contributed by atoms with Gasteiger partial charge in [0.25, 0.3) is 5.91 Å². The Morgan fingerprint density at radius 2 is 2.13 bits per heavy atom. The number of furan rings is 1. The molecule has 3 N–H and O–H groups in total. The molecule has 0 bridgehead atoms. The van der Waals surface area contributed by atoms with Gasteiger partial charge in [0.05, 0.1) is 30.9 Å². The highest BCUT2D eigenvalue weighted by Gasteiger charge is 2.34. The van der Waals surface area contributed by atoms with Crippen LogP contribution in [-0.4, -0.2) is 40.9 Å². The van der Waals surface area contributed by atoms with Gasteiger partial charge in [-0.25, -0.2) is 0 Å². The zero-order valence-corrected chi connectivity index (χ0v) is 19.0. The Labute approximate surface area is 192 Å². The van der Waals surface area contributed by atoms with Crippen molar-refractivity contribution in [2.24, 2.45) is 5.92 Å². The van der Waals surface area contributed by atoms with Gasteiger partial charge in [-0.05, 0) is 49.5 Å². The van der Waals surface area contributed by atoms with Crippen molar-refractivity contribution < 1.29 is 23.5 Å². The first-order valence-electron chi connectivity index (χ1n) is 9.51. The summed E-state index contributed by atoms with van der Waals surface area (Å²) < 4.78 is 11.4. The number of nitrogens with one attached hydrogen (secondary N) is 3. The monoisotopic (exact) mass is 508 g/mol. The predicted molar refractivity (Wildman–Crippen MR) is 119 cm³/mol. The normalized spacial score (nSPS) is 15.5. The molecular weight excluding hydrogens is 488 g/mol. The van der Waals surface area contributed by atoms with Crippen LogP contribution < -0.4 is 20.9 Å². The third-order valence-electron chi connectivity index (χ3n) is 4.52. The van der Waals surface area contributed by atoms with Gasteiger partial charge in [-0.1, -0.05) is 15.9 Å². The van der Waals surface area contributed by atoms with E-state index in [0.717, 1.165) is 0 Å². The largest absolute Gasteiger partial charge is 0.493 e. The van der Waals surface area contributed by atoms with Gasteiger partial charge >= 0.3 is 0 Å². The predicted octanol–water partition coefficient (Wildman–Crippen LogP) is 2.12. The maximum Gasteiger partial charge on any atom is 0.261 e. The van der Waals surface area contributed by atoms with Crippen molar-refractivity contribution in [2.75, 3.05) is 13.2 Å². The lowest BCUT2D eigenvalue weighted by Gasteiger charge is -2.16. The summed E-state index contributed by atoms with van der Waals surface area (Å²) in [7, 11) is 0. The highest BCUT2D eigenvalue weighted by atomic mass is 79.9. The van der Waals surface area contributed by atoms with Crippen molar-refractivity contribution in [3.63, 3.8) is 0 Å². The third kappa shape index (κ3) is 6.05. The molecule has 0 aliphatic carbocycles. The van der Waals surface area contributed by atoms with E-state index in [-0.39, 0.29) is 24.0 Å². The zero-order chi connectivity index (χ0) is 22.4. The van der Waals surface area contributed by atoms with E-state index in [9.17, 15) is 14.4 Å². The van der Waals surface area contributed by atoms with Gasteiger partial charge in [-0.15, -0.1) is 0 Å². The fraction of sp³-hybridized carbons (Fsp3) is 0.300. The molecule has 1 aliphatic rings. The molecule has 31 heavy (non-hydrogen) atoms. The summed E-state index contributed by atoms with van der Waals surface area (Å²) in [5.74, 6) is -0.498. The second-order valence-corrected chi connectivity index (χ2v) is 8.05. The van der Waals surface area contributed by atoms with Crippen LogP contribution in [-0.2, 0) is 16.1 Å². The van der Waals surface area contributed by atoms with Crippen molar-refractivity contribution in [1.29, 1.82) is 0 Å². The minimum Gasteiger partial charge on any atom is -0.493 e. The lowest BCUT2D eigenvalue weighted by atomic mass is 10.1. The number of benzene rings is 1.